The lowest BCUT2D eigenvalue weighted by atomic mass is 9.53. The average molecular weight is 427 g/mol. The molecule has 0 radical (unpaired) electrons. The van der Waals surface area contributed by atoms with E-state index in [1.165, 1.54) is 24.0 Å². The maximum Gasteiger partial charge on any atom is 0.0555 e. The molecule has 1 saturated carbocycles. The fourth-order valence-corrected chi connectivity index (χ4v) is 6.18. The molecule has 2 aliphatic carbocycles. The van der Waals surface area contributed by atoms with Crippen LogP contribution in [-0.2, 0) is 0 Å². The first kappa shape index (κ1) is 24.5. The van der Waals surface area contributed by atoms with Crippen molar-refractivity contribution < 1.29 is 5.11 Å². The van der Waals surface area contributed by atoms with Crippen LogP contribution in [0, 0.1) is 21.7 Å². The average Bonchev–Trinajstić information content (AvgIpc) is 2.97. The van der Waals surface area contributed by atoms with Gasteiger partial charge in [0.1, 0.15) is 0 Å². The van der Waals surface area contributed by atoms with Crippen LogP contribution in [0.25, 0.3) is 5.57 Å². The van der Waals surface area contributed by atoms with Gasteiger partial charge in [-0.05, 0) is 90.4 Å². The Kier molecular flexibility index (Phi) is 7.08. The summed E-state index contributed by atoms with van der Waals surface area (Å²) >= 11 is 0. The van der Waals surface area contributed by atoms with E-state index in [9.17, 15) is 5.11 Å². The summed E-state index contributed by atoms with van der Waals surface area (Å²) in [6.07, 6.45) is 13.7. The summed E-state index contributed by atoms with van der Waals surface area (Å²) < 4.78 is 0. The number of aliphatic hydroxyl groups is 1. The Morgan fingerprint density at radius 1 is 1.23 bits per heavy atom. The highest BCUT2D eigenvalue weighted by Crippen LogP contribution is 2.61. The predicted octanol–water partition coefficient (Wildman–Crippen LogP) is 6.63. The normalized spacial score (nSPS) is 33.4. The molecule has 2 aliphatic rings. The summed E-state index contributed by atoms with van der Waals surface area (Å²) in [5.41, 5.74) is 3.48. The number of nitrogens with one attached hydrogen (secondary N) is 1. The Bertz CT molecular complexity index is 768. The molecule has 3 rings (SSSR count). The van der Waals surface area contributed by atoms with E-state index in [1.807, 2.05) is 12.4 Å². The summed E-state index contributed by atoms with van der Waals surface area (Å²) in [7, 11) is 0. The van der Waals surface area contributed by atoms with Gasteiger partial charge in [-0.3, -0.25) is 4.98 Å². The monoisotopic (exact) mass is 426 g/mol. The summed E-state index contributed by atoms with van der Waals surface area (Å²) in [5.74, 6) is 0. The molecule has 1 fully saturated rings. The zero-order valence-corrected chi connectivity index (χ0v) is 21.1. The van der Waals surface area contributed by atoms with Crippen LogP contribution >= 0.6 is 0 Å². The summed E-state index contributed by atoms with van der Waals surface area (Å²) in [5, 5.41) is 14.2. The lowest BCUT2D eigenvalue weighted by molar-refractivity contribution is -0.0454. The van der Waals surface area contributed by atoms with E-state index < -0.39 is 0 Å². The van der Waals surface area contributed by atoms with Crippen molar-refractivity contribution in [3.63, 3.8) is 0 Å². The third-order valence-electron chi connectivity index (χ3n) is 9.59. The topological polar surface area (TPSA) is 45.1 Å². The Hall–Kier alpha value is -1.19. The van der Waals surface area contributed by atoms with Gasteiger partial charge in [0.05, 0.1) is 6.10 Å². The van der Waals surface area contributed by atoms with Gasteiger partial charge in [-0.2, -0.15) is 0 Å². The predicted molar refractivity (Wildman–Crippen MR) is 132 cm³/mol. The van der Waals surface area contributed by atoms with Crippen LogP contribution in [0.3, 0.4) is 0 Å². The van der Waals surface area contributed by atoms with Gasteiger partial charge in [-0.15, -0.1) is 0 Å². The minimum atomic E-state index is -0.162. The zero-order valence-electron chi connectivity index (χ0n) is 21.1. The van der Waals surface area contributed by atoms with Crippen molar-refractivity contribution >= 4 is 5.57 Å². The highest BCUT2D eigenvalue weighted by Gasteiger charge is 2.52. The number of hydrogen-bond acceptors (Lipinski definition) is 3. The van der Waals surface area contributed by atoms with Crippen LogP contribution in [0.5, 0.6) is 0 Å². The molecule has 0 spiro atoms. The van der Waals surface area contributed by atoms with Crippen LogP contribution in [0.1, 0.15) is 99.0 Å². The standard InChI is InChI=1S/C28H46N2O/c1-8-17-30-24-19-22(31)11-14-28(24,7)26(4,5)15-16-27(6)23(12-13-25(27,2)3)21-10-9-18-29-20-21/h9-10,12,18,20,22,24,30-31H,8,11,13-17,19H2,1-7H3/t22-,24-,27+,28-/m0/s1. The molecule has 0 amide bonds. The van der Waals surface area contributed by atoms with Gasteiger partial charge >= 0.3 is 0 Å². The van der Waals surface area contributed by atoms with E-state index in [4.69, 9.17) is 0 Å². The fourth-order valence-electron chi connectivity index (χ4n) is 6.18. The minimum absolute atomic E-state index is 0.129. The molecule has 0 aliphatic heterocycles. The fraction of sp³-hybridized carbons (Fsp3) is 0.750. The molecular formula is C28H46N2O. The third kappa shape index (κ3) is 4.50. The molecule has 0 saturated heterocycles. The summed E-state index contributed by atoms with van der Waals surface area (Å²) in [6.45, 7) is 18.0. The van der Waals surface area contributed by atoms with Gasteiger partial charge in [0.2, 0.25) is 0 Å². The van der Waals surface area contributed by atoms with Crippen molar-refractivity contribution in [3.8, 4) is 0 Å². The van der Waals surface area contributed by atoms with Crippen LogP contribution in [0.4, 0.5) is 0 Å². The Balaban J connectivity index is 1.83. The first-order valence-electron chi connectivity index (χ1n) is 12.5. The van der Waals surface area contributed by atoms with Crippen molar-refractivity contribution in [2.75, 3.05) is 6.54 Å². The Morgan fingerprint density at radius 2 is 1.97 bits per heavy atom. The number of nitrogens with zero attached hydrogens (tertiary/aromatic N) is 1. The first-order chi connectivity index (χ1) is 14.5. The van der Waals surface area contributed by atoms with Gasteiger partial charge in [0.25, 0.3) is 0 Å². The zero-order chi connectivity index (χ0) is 22.9. The maximum absolute atomic E-state index is 10.4. The molecule has 0 unspecified atom stereocenters. The van der Waals surface area contributed by atoms with E-state index in [-0.39, 0.29) is 27.8 Å². The number of pyridine rings is 1. The molecule has 31 heavy (non-hydrogen) atoms. The molecule has 1 heterocycles. The molecule has 1 aromatic heterocycles. The van der Waals surface area contributed by atoms with E-state index in [0.717, 1.165) is 38.6 Å². The largest absolute Gasteiger partial charge is 0.393 e. The van der Waals surface area contributed by atoms with Crippen LogP contribution in [0.2, 0.25) is 0 Å². The Labute approximate surface area is 191 Å². The number of hydrogen-bond donors (Lipinski definition) is 2. The highest BCUT2D eigenvalue weighted by atomic mass is 16.3. The van der Waals surface area contributed by atoms with E-state index in [0.29, 0.717) is 6.04 Å². The molecule has 0 bridgehead atoms. The summed E-state index contributed by atoms with van der Waals surface area (Å²) in [4.78, 5) is 4.41. The van der Waals surface area contributed by atoms with Crippen LogP contribution in [0.15, 0.2) is 30.6 Å². The van der Waals surface area contributed by atoms with Crippen molar-refractivity contribution in [1.29, 1.82) is 0 Å². The minimum Gasteiger partial charge on any atom is -0.393 e. The molecule has 3 nitrogen and oxygen atoms in total. The van der Waals surface area contributed by atoms with Gasteiger partial charge in [0, 0.05) is 18.4 Å². The van der Waals surface area contributed by atoms with Crippen molar-refractivity contribution in [1.82, 2.24) is 10.3 Å². The Morgan fingerprint density at radius 3 is 2.61 bits per heavy atom. The van der Waals surface area contributed by atoms with Crippen LogP contribution < -0.4 is 5.32 Å². The van der Waals surface area contributed by atoms with Crippen molar-refractivity contribution in [2.45, 2.75) is 106 Å². The quantitative estimate of drug-likeness (QED) is 0.490. The second kappa shape index (κ2) is 8.98. The van der Waals surface area contributed by atoms with Crippen LogP contribution in [-0.4, -0.2) is 28.8 Å². The van der Waals surface area contributed by atoms with Gasteiger partial charge in [-0.25, -0.2) is 0 Å². The molecule has 3 heteroatoms. The van der Waals surface area contributed by atoms with E-state index >= 15 is 0 Å². The second-order valence-electron chi connectivity index (χ2n) is 12.0. The number of rotatable bonds is 8. The maximum atomic E-state index is 10.4. The first-order valence-corrected chi connectivity index (χ1v) is 12.5. The van der Waals surface area contributed by atoms with Gasteiger partial charge in [-0.1, -0.05) is 60.6 Å². The highest BCUT2D eigenvalue weighted by molar-refractivity contribution is 5.72. The van der Waals surface area contributed by atoms with E-state index in [2.05, 4.69) is 77.0 Å². The second-order valence-corrected chi connectivity index (χ2v) is 12.0. The lowest BCUT2D eigenvalue weighted by Crippen LogP contribution is -2.56. The molecule has 4 atom stereocenters. The van der Waals surface area contributed by atoms with Gasteiger partial charge in [0.15, 0.2) is 0 Å². The van der Waals surface area contributed by atoms with Gasteiger partial charge < -0.3 is 10.4 Å². The smallest absolute Gasteiger partial charge is 0.0555 e. The number of aromatic nitrogens is 1. The molecular weight excluding hydrogens is 380 g/mol. The van der Waals surface area contributed by atoms with E-state index in [1.54, 1.807) is 0 Å². The number of aliphatic hydroxyl groups excluding tert-OH is 1. The lowest BCUT2D eigenvalue weighted by Gasteiger charge is -2.55. The number of allylic oxidation sites excluding steroid dienone is 2. The molecule has 0 aromatic carbocycles. The third-order valence-corrected chi connectivity index (χ3v) is 9.59. The van der Waals surface area contributed by atoms with Crippen molar-refractivity contribution in [3.05, 3.63) is 36.2 Å². The molecule has 2 N–H and O–H groups in total. The molecule has 1 aromatic rings. The summed E-state index contributed by atoms with van der Waals surface area (Å²) in [6, 6.07) is 4.66. The molecule has 174 valence electrons. The van der Waals surface area contributed by atoms with Crippen molar-refractivity contribution in [2.24, 2.45) is 21.7 Å². The SMILES string of the molecule is CCCN[C@H]1C[C@@H](O)CC[C@]1(C)C(C)(C)CC[C@]1(C)C(c2cccnc2)=CCC1(C)C.